The summed E-state index contributed by atoms with van der Waals surface area (Å²) in [6.45, 7) is 2.23. The number of benzene rings is 2. The number of hydrogen-bond donors (Lipinski definition) is 1. The fourth-order valence-electron chi connectivity index (χ4n) is 2.82. The number of likely N-dealkylation sites (N-methyl/N-ethyl adjacent to an activating group) is 1. The Balaban J connectivity index is 2.19. The second-order valence-corrected chi connectivity index (χ2v) is 6.09. The van der Waals surface area contributed by atoms with Crippen molar-refractivity contribution in [2.75, 3.05) is 7.05 Å². The molecule has 1 N–H and O–H groups in total. The first-order valence-electron chi connectivity index (χ1n) is 7.31. The standard InChI is InChI=1S/C18H21Cl2N/c1-3-15(14-7-5-4-6-8-14)18(21-2)12-13-9-10-16(19)17(20)11-13/h4-11,15,18,21H,3,12H2,1-2H3. The molecule has 1 nitrogen and oxygen atoms in total. The molecule has 0 amide bonds. The second kappa shape index (κ2) is 7.84. The molecule has 0 spiro atoms. The zero-order valence-corrected chi connectivity index (χ0v) is 14.0. The van der Waals surface area contributed by atoms with E-state index in [1.165, 1.54) is 11.1 Å². The summed E-state index contributed by atoms with van der Waals surface area (Å²) in [6, 6.07) is 16.9. The van der Waals surface area contributed by atoms with Crippen LogP contribution in [0.4, 0.5) is 0 Å². The maximum absolute atomic E-state index is 6.12. The van der Waals surface area contributed by atoms with Gasteiger partial charge in [-0.2, -0.15) is 0 Å². The SMILES string of the molecule is CCC(c1ccccc1)C(Cc1ccc(Cl)c(Cl)c1)NC. The number of hydrogen-bond acceptors (Lipinski definition) is 1. The third kappa shape index (κ3) is 4.23. The van der Waals surface area contributed by atoms with Gasteiger partial charge in [0, 0.05) is 6.04 Å². The highest BCUT2D eigenvalue weighted by molar-refractivity contribution is 6.42. The van der Waals surface area contributed by atoms with Crippen molar-refractivity contribution in [3.05, 3.63) is 69.7 Å². The summed E-state index contributed by atoms with van der Waals surface area (Å²) < 4.78 is 0. The van der Waals surface area contributed by atoms with Crippen molar-refractivity contribution < 1.29 is 0 Å². The molecular weight excluding hydrogens is 301 g/mol. The highest BCUT2D eigenvalue weighted by atomic mass is 35.5. The molecule has 0 fully saturated rings. The maximum Gasteiger partial charge on any atom is 0.0595 e. The Morgan fingerprint density at radius 1 is 1.00 bits per heavy atom. The van der Waals surface area contributed by atoms with Gasteiger partial charge in [0.1, 0.15) is 0 Å². The fourth-order valence-corrected chi connectivity index (χ4v) is 3.14. The lowest BCUT2D eigenvalue weighted by molar-refractivity contribution is 0.448. The second-order valence-electron chi connectivity index (χ2n) is 5.27. The van der Waals surface area contributed by atoms with Crippen LogP contribution in [0.1, 0.15) is 30.4 Å². The Kier molecular flexibility index (Phi) is 6.10. The molecule has 0 aliphatic rings. The Morgan fingerprint density at radius 3 is 2.29 bits per heavy atom. The molecule has 0 aromatic heterocycles. The molecular formula is C18H21Cl2N. The molecule has 2 rings (SSSR count). The van der Waals surface area contributed by atoms with Gasteiger partial charge in [0.15, 0.2) is 0 Å². The molecule has 21 heavy (non-hydrogen) atoms. The van der Waals surface area contributed by atoms with Crippen molar-refractivity contribution in [3.63, 3.8) is 0 Å². The van der Waals surface area contributed by atoms with E-state index in [2.05, 4.69) is 48.6 Å². The van der Waals surface area contributed by atoms with Crippen LogP contribution in [0.5, 0.6) is 0 Å². The summed E-state index contributed by atoms with van der Waals surface area (Å²) in [5.74, 6) is 0.477. The zero-order chi connectivity index (χ0) is 15.2. The molecule has 0 aliphatic carbocycles. The minimum Gasteiger partial charge on any atom is -0.316 e. The van der Waals surface area contributed by atoms with Gasteiger partial charge in [-0.3, -0.25) is 0 Å². The van der Waals surface area contributed by atoms with Crippen molar-refractivity contribution in [3.8, 4) is 0 Å². The van der Waals surface area contributed by atoms with Crippen LogP contribution in [0.3, 0.4) is 0 Å². The van der Waals surface area contributed by atoms with Gasteiger partial charge in [-0.05, 0) is 49.1 Å². The number of halogens is 2. The minimum atomic E-state index is 0.370. The van der Waals surface area contributed by atoms with Crippen molar-refractivity contribution in [1.29, 1.82) is 0 Å². The van der Waals surface area contributed by atoms with Crippen molar-refractivity contribution in [1.82, 2.24) is 5.32 Å². The molecule has 112 valence electrons. The van der Waals surface area contributed by atoms with E-state index >= 15 is 0 Å². The molecule has 3 heteroatoms. The summed E-state index contributed by atoms with van der Waals surface area (Å²) in [5.41, 5.74) is 2.58. The fraction of sp³-hybridized carbons (Fsp3) is 0.333. The smallest absolute Gasteiger partial charge is 0.0595 e. The Bertz CT molecular complexity index is 569. The largest absolute Gasteiger partial charge is 0.316 e. The first-order chi connectivity index (χ1) is 10.2. The van der Waals surface area contributed by atoms with Crippen LogP contribution in [0.25, 0.3) is 0 Å². The van der Waals surface area contributed by atoms with E-state index in [1.54, 1.807) is 0 Å². The summed E-state index contributed by atoms with van der Waals surface area (Å²) in [6.07, 6.45) is 2.03. The summed E-state index contributed by atoms with van der Waals surface area (Å²) >= 11 is 12.1. The predicted octanol–water partition coefficient (Wildman–Crippen LogP) is 5.32. The van der Waals surface area contributed by atoms with Gasteiger partial charge in [0.05, 0.1) is 10.0 Å². The van der Waals surface area contributed by atoms with E-state index in [0.29, 0.717) is 22.0 Å². The van der Waals surface area contributed by atoms with E-state index in [-0.39, 0.29) is 0 Å². The Hall–Kier alpha value is -1.02. The molecule has 2 atom stereocenters. The molecule has 0 saturated heterocycles. The van der Waals surface area contributed by atoms with Crippen molar-refractivity contribution in [2.45, 2.75) is 31.7 Å². The van der Waals surface area contributed by atoms with E-state index in [9.17, 15) is 0 Å². The van der Waals surface area contributed by atoms with Gasteiger partial charge in [0.2, 0.25) is 0 Å². The molecule has 2 aromatic rings. The average molecular weight is 322 g/mol. The van der Waals surface area contributed by atoms with Gasteiger partial charge in [-0.25, -0.2) is 0 Å². The third-order valence-electron chi connectivity index (χ3n) is 3.96. The van der Waals surface area contributed by atoms with Crippen molar-refractivity contribution >= 4 is 23.2 Å². The summed E-state index contributed by atoms with van der Waals surface area (Å²) in [5, 5.41) is 4.69. The lowest BCUT2D eigenvalue weighted by Gasteiger charge is -2.26. The molecule has 0 aliphatic heterocycles. The van der Waals surface area contributed by atoms with Crippen LogP contribution in [-0.4, -0.2) is 13.1 Å². The maximum atomic E-state index is 6.12. The van der Waals surface area contributed by atoms with E-state index in [0.717, 1.165) is 12.8 Å². The normalized spacial score (nSPS) is 13.9. The van der Waals surface area contributed by atoms with E-state index in [1.807, 2.05) is 19.2 Å². The molecule has 0 bridgehead atoms. The quantitative estimate of drug-likeness (QED) is 0.759. The highest BCUT2D eigenvalue weighted by Gasteiger charge is 2.20. The first-order valence-corrected chi connectivity index (χ1v) is 8.07. The third-order valence-corrected chi connectivity index (χ3v) is 4.70. The van der Waals surface area contributed by atoms with Gasteiger partial charge >= 0.3 is 0 Å². The van der Waals surface area contributed by atoms with Crippen LogP contribution in [0.2, 0.25) is 10.0 Å². The van der Waals surface area contributed by atoms with Gasteiger partial charge in [-0.15, -0.1) is 0 Å². The molecule has 0 saturated carbocycles. The van der Waals surface area contributed by atoms with Gasteiger partial charge < -0.3 is 5.32 Å². The Morgan fingerprint density at radius 2 is 1.71 bits per heavy atom. The predicted molar refractivity (Wildman–Crippen MR) is 92.5 cm³/mol. The monoisotopic (exact) mass is 321 g/mol. The summed E-state index contributed by atoms with van der Waals surface area (Å²) in [4.78, 5) is 0. The Labute approximate surface area is 137 Å². The molecule has 0 heterocycles. The lowest BCUT2D eigenvalue weighted by atomic mass is 9.86. The molecule has 0 radical (unpaired) electrons. The average Bonchev–Trinajstić information content (AvgIpc) is 2.51. The van der Waals surface area contributed by atoms with Crippen molar-refractivity contribution in [2.24, 2.45) is 0 Å². The topological polar surface area (TPSA) is 12.0 Å². The number of rotatable bonds is 6. The highest BCUT2D eigenvalue weighted by Crippen LogP contribution is 2.28. The van der Waals surface area contributed by atoms with Crippen LogP contribution >= 0.6 is 23.2 Å². The molecule has 2 unspecified atom stereocenters. The lowest BCUT2D eigenvalue weighted by Crippen LogP contribution is -2.34. The van der Waals surface area contributed by atoms with Crippen LogP contribution < -0.4 is 5.32 Å². The van der Waals surface area contributed by atoms with Gasteiger partial charge in [-0.1, -0.05) is 66.5 Å². The van der Waals surface area contributed by atoms with Crippen LogP contribution in [-0.2, 0) is 6.42 Å². The minimum absolute atomic E-state index is 0.370. The van der Waals surface area contributed by atoms with E-state index < -0.39 is 0 Å². The van der Waals surface area contributed by atoms with Crippen LogP contribution in [0, 0.1) is 0 Å². The zero-order valence-electron chi connectivity index (χ0n) is 12.4. The number of nitrogens with one attached hydrogen (secondary N) is 1. The van der Waals surface area contributed by atoms with Gasteiger partial charge in [0.25, 0.3) is 0 Å². The summed E-state index contributed by atoms with van der Waals surface area (Å²) in [7, 11) is 2.02. The molecule has 2 aromatic carbocycles. The van der Waals surface area contributed by atoms with E-state index in [4.69, 9.17) is 23.2 Å². The van der Waals surface area contributed by atoms with Crippen LogP contribution in [0.15, 0.2) is 48.5 Å². The first kappa shape index (κ1) is 16.4.